The van der Waals surface area contributed by atoms with Crippen molar-refractivity contribution in [2.45, 2.75) is 31.7 Å². The van der Waals surface area contributed by atoms with Crippen molar-refractivity contribution in [3.63, 3.8) is 0 Å². The largest absolute Gasteiger partial charge is 0.495 e. The number of halogens is 2. The Bertz CT molecular complexity index is 386. The van der Waals surface area contributed by atoms with Crippen LogP contribution in [-0.4, -0.2) is 25.5 Å². The summed E-state index contributed by atoms with van der Waals surface area (Å²) in [4.78, 5) is 18.6. The molecule has 0 fully saturated rings. The Hall–Kier alpha value is -0.823. The van der Waals surface area contributed by atoms with Gasteiger partial charge in [-0.2, -0.15) is 0 Å². The Labute approximate surface area is 106 Å². The normalized spacial score (nSPS) is 11.8. The first-order valence-electron chi connectivity index (χ1n) is 5.88. The molecule has 3 nitrogen and oxygen atoms in total. The summed E-state index contributed by atoms with van der Waals surface area (Å²) in [6.07, 6.45) is 2.88. The third-order valence-corrected chi connectivity index (χ3v) is 4.44. The molecule has 2 N–H and O–H groups in total. The number of hydrogen-bond donors (Lipinski definition) is 2. The minimum Gasteiger partial charge on any atom is -0.390 e. The van der Waals surface area contributed by atoms with Gasteiger partial charge in [-0.05, 0) is 37.0 Å². The molecule has 0 aromatic heterocycles. The Morgan fingerprint density at radius 2 is 1.83 bits per heavy atom. The molecule has 0 aliphatic heterocycles. The fourth-order valence-electron chi connectivity index (χ4n) is 1.66. The first-order valence-corrected chi connectivity index (χ1v) is 7.89. The predicted octanol–water partition coefficient (Wildman–Crippen LogP) is 2.25. The number of aryl methyl sites for hydroxylation is 1. The van der Waals surface area contributed by atoms with Crippen LogP contribution >= 0.6 is 0 Å². The molecule has 1 rings (SSSR count). The highest BCUT2D eigenvalue weighted by Gasteiger charge is 2.29. The van der Waals surface area contributed by atoms with Gasteiger partial charge in [-0.1, -0.05) is 12.5 Å². The summed E-state index contributed by atoms with van der Waals surface area (Å²) in [5, 5.41) is 0. The van der Waals surface area contributed by atoms with Crippen LogP contribution in [0.5, 0.6) is 0 Å². The molecule has 0 unspecified atom stereocenters. The molecule has 0 heterocycles. The Kier molecular flexibility index (Phi) is 5.87. The van der Waals surface area contributed by atoms with Crippen LogP contribution in [0.25, 0.3) is 0 Å². The molecule has 0 bridgehead atoms. The van der Waals surface area contributed by atoms with E-state index in [-0.39, 0.29) is 6.04 Å². The second-order valence-corrected chi connectivity index (χ2v) is 6.65. The van der Waals surface area contributed by atoms with E-state index in [1.807, 2.05) is 0 Å². The van der Waals surface area contributed by atoms with Crippen molar-refractivity contribution >= 4 is 8.80 Å². The Balaban J connectivity index is 2.24. The Morgan fingerprint density at radius 1 is 1.11 bits per heavy atom. The average molecular weight is 276 g/mol. The number of hydrogen-bond acceptors (Lipinski definition) is 3. The molecule has 0 aliphatic carbocycles. The third-order valence-electron chi connectivity index (χ3n) is 2.78. The quantitative estimate of drug-likeness (QED) is 0.593. The zero-order chi connectivity index (χ0) is 13.6. The van der Waals surface area contributed by atoms with E-state index in [4.69, 9.17) is 0 Å². The lowest BCUT2D eigenvalue weighted by Gasteiger charge is -2.13. The minimum absolute atomic E-state index is 0.265. The molecular formula is C12H18F2O3Si. The molecule has 0 atom stereocenters. The lowest BCUT2D eigenvalue weighted by molar-refractivity contribution is 0.183. The van der Waals surface area contributed by atoms with Crippen LogP contribution < -0.4 is 0 Å². The molecule has 1 aromatic carbocycles. The summed E-state index contributed by atoms with van der Waals surface area (Å²) in [5.41, 5.74) is 0.747. The van der Waals surface area contributed by atoms with Gasteiger partial charge in [-0.25, -0.2) is 8.78 Å². The average Bonchev–Trinajstić information content (AvgIpc) is 2.33. The highest BCUT2D eigenvalue weighted by atomic mass is 28.4. The first-order chi connectivity index (χ1) is 8.44. The molecule has 0 spiro atoms. The molecule has 1 aromatic rings. The SMILES string of the molecule is CO[Si](O)(O)CCCCCc1ccc(F)c(F)c1. The number of rotatable bonds is 7. The summed E-state index contributed by atoms with van der Waals surface area (Å²) in [7, 11) is -2.15. The monoisotopic (exact) mass is 276 g/mol. The zero-order valence-corrected chi connectivity index (χ0v) is 11.3. The standard InChI is InChI=1S/C12H18F2O3Si/c1-17-18(15,16)8-4-2-3-5-10-6-7-11(13)12(14)9-10/h6-7,9,15-16H,2-5,8H2,1H3. The Morgan fingerprint density at radius 3 is 2.44 bits per heavy atom. The molecule has 6 heteroatoms. The van der Waals surface area contributed by atoms with Crippen molar-refractivity contribution in [1.82, 2.24) is 0 Å². The summed E-state index contributed by atoms with van der Waals surface area (Å²) in [6, 6.07) is 4.14. The van der Waals surface area contributed by atoms with Crippen molar-refractivity contribution in [2.75, 3.05) is 7.11 Å². The van der Waals surface area contributed by atoms with Gasteiger partial charge in [-0.3, -0.25) is 0 Å². The third kappa shape index (κ3) is 5.22. The lowest BCUT2D eigenvalue weighted by Crippen LogP contribution is -2.37. The zero-order valence-electron chi connectivity index (χ0n) is 10.3. The van der Waals surface area contributed by atoms with E-state index in [0.29, 0.717) is 12.8 Å². The van der Waals surface area contributed by atoms with Gasteiger partial charge in [0.1, 0.15) is 0 Å². The molecule has 0 saturated carbocycles. The first kappa shape index (κ1) is 15.2. The van der Waals surface area contributed by atoms with E-state index in [9.17, 15) is 18.4 Å². The van der Waals surface area contributed by atoms with Gasteiger partial charge in [0, 0.05) is 13.2 Å². The lowest BCUT2D eigenvalue weighted by atomic mass is 10.1. The number of benzene rings is 1. The van der Waals surface area contributed by atoms with Gasteiger partial charge in [0.15, 0.2) is 11.6 Å². The van der Waals surface area contributed by atoms with E-state index in [1.165, 1.54) is 13.2 Å². The smallest absolute Gasteiger partial charge is 0.390 e. The maximum Gasteiger partial charge on any atom is 0.495 e. The molecule has 0 saturated heterocycles. The molecule has 0 amide bonds. The highest BCUT2D eigenvalue weighted by Crippen LogP contribution is 2.14. The van der Waals surface area contributed by atoms with E-state index in [0.717, 1.165) is 24.5 Å². The van der Waals surface area contributed by atoms with Crippen LogP contribution in [0.4, 0.5) is 8.78 Å². The minimum atomic E-state index is -3.43. The summed E-state index contributed by atoms with van der Waals surface area (Å²) >= 11 is 0. The van der Waals surface area contributed by atoms with E-state index in [1.54, 1.807) is 6.07 Å². The topological polar surface area (TPSA) is 49.7 Å². The van der Waals surface area contributed by atoms with Crippen LogP contribution in [0.2, 0.25) is 6.04 Å². The fraction of sp³-hybridized carbons (Fsp3) is 0.500. The molecule has 102 valence electrons. The summed E-state index contributed by atoms with van der Waals surface area (Å²) < 4.78 is 30.2. The van der Waals surface area contributed by atoms with Gasteiger partial charge >= 0.3 is 8.80 Å². The number of unbranched alkanes of at least 4 members (excludes halogenated alkanes) is 2. The van der Waals surface area contributed by atoms with Crippen molar-refractivity contribution < 1.29 is 22.8 Å². The van der Waals surface area contributed by atoms with Crippen LogP contribution in [0.1, 0.15) is 24.8 Å². The van der Waals surface area contributed by atoms with Crippen LogP contribution in [0, 0.1) is 11.6 Å². The van der Waals surface area contributed by atoms with Gasteiger partial charge in [-0.15, -0.1) is 0 Å². The summed E-state index contributed by atoms with van der Waals surface area (Å²) in [5.74, 6) is -1.67. The van der Waals surface area contributed by atoms with E-state index < -0.39 is 20.4 Å². The van der Waals surface area contributed by atoms with Crippen molar-refractivity contribution in [3.05, 3.63) is 35.4 Å². The summed E-state index contributed by atoms with van der Waals surface area (Å²) in [6.45, 7) is 0. The van der Waals surface area contributed by atoms with Gasteiger partial charge in [0.05, 0.1) is 0 Å². The van der Waals surface area contributed by atoms with Crippen LogP contribution in [0.15, 0.2) is 18.2 Å². The van der Waals surface area contributed by atoms with E-state index in [2.05, 4.69) is 4.43 Å². The van der Waals surface area contributed by atoms with Gasteiger partial charge in [0.25, 0.3) is 0 Å². The van der Waals surface area contributed by atoms with Crippen molar-refractivity contribution in [1.29, 1.82) is 0 Å². The van der Waals surface area contributed by atoms with Crippen LogP contribution in [0.3, 0.4) is 0 Å². The second kappa shape index (κ2) is 6.94. The molecular weight excluding hydrogens is 258 g/mol. The fourth-order valence-corrected chi connectivity index (χ4v) is 2.57. The van der Waals surface area contributed by atoms with Crippen LogP contribution in [-0.2, 0) is 10.8 Å². The maximum absolute atomic E-state index is 12.9. The second-order valence-electron chi connectivity index (χ2n) is 4.26. The van der Waals surface area contributed by atoms with Crippen molar-refractivity contribution in [3.8, 4) is 0 Å². The maximum atomic E-state index is 12.9. The molecule has 18 heavy (non-hydrogen) atoms. The van der Waals surface area contributed by atoms with E-state index >= 15 is 0 Å². The molecule has 0 aliphatic rings. The predicted molar refractivity (Wildman–Crippen MR) is 65.9 cm³/mol. The van der Waals surface area contributed by atoms with Gasteiger partial charge in [0.2, 0.25) is 0 Å². The van der Waals surface area contributed by atoms with Gasteiger partial charge < -0.3 is 14.0 Å². The van der Waals surface area contributed by atoms with Crippen molar-refractivity contribution in [2.24, 2.45) is 0 Å². The highest BCUT2D eigenvalue weighted by molar-refractivity contribution is 6.57. The molecule has 0 radical (unpaired) electrons.